The molecule has 0 atom stereocenters. The minimum Gasteiger partial charge on any atom is -0.310 e. The average Bonchev–Trinajstić information content (AvgIpc) is 3.73. The van der Waals surface area contributed by atoms with Gasteiger partial charge >= 0.3 is 0 Å². The second-order valence-electron chi connectivity index (χ2n) is 15.4. The highest BCUT2D eigenvalue weighted by Crippen LogP contribution is 2.42. The van der Waals surface area contributed by atoms with Crippen LogP contribution in [0.2, 0.25) is 0 Å². The van der Waals surface area contributed by atoms with E-state index in [1.54, 1.807) is 0 Å². The van der Waals surface area contributed by atoms with Crippen LogP contribution in [0.5, 0.6) is 0 Å². The van der Waals surface area contributed by atoms with Crippen LogP contribution in [-0.2, 0) is 0 Å². The fraction of sp³-hybridized carbons (Fsp3) is 0. The predicted molar refractivity (Wildman–Crippen MR) is 263 cm³/mol. The van der Waals surface area contributed by atoms with Gasteiger partial charge in [-0.2, -0.15) is 0 Å². The Hall–Kier alpha value is -8.20. The monoisotopic (exact) mass is 794 g/mol. The summed E-state index contributed by atoms with van der Waals surface area (Å²) < 4.78 is 41.4. The maximum absolute atomic E-state index is 9.83. The van der Waals surface area contributed by atoms with Crippen molar-refractivity contribution in [3.63, 3.8) is 0 Å². The standard InChI is InChI=1S/C60H42N2/c1-5-17-43(18-6-1)46-31-35-53(36-32-46)61(55-41-50(44-19-7-2-8-20-44)40-51(42-55)45-21-9-3-10-22-45)54-37-33-47(34-38-54)48-23-15-24-49(39-48)56-28-16-30-59-60(56)57-27-13-14-29-58(57)62(59)52-25-11-4-12-26-52/h1-42H/i33D,34D,37D,38D. The number of aromatic nitrogens is 1. The Kier molecular flexibility index (Phi) is 8.47. The van der Waals surface area contributed by atoms with Crippen LogP contribution < -0.4 is 4.90 Å². The van der Waals surface area contributed by atoms with E-state index in [-0.39, 0.29) is 35.4 Å². The van der Waals surface area contributed by atoms with Crippen LogP contribution in [0.25, 0.3) is 83.1 Å². The molecule has 0 saturated carbocycles. The van der Waals surface area contributed by atoms with Gasteiger partial charge in [-0.15, -0.1) is 0 Å². The molecular weight excluding hydrogens is 749 g/mol. The largest absolute Gasteiger partial charge is 0.310 e. The number of hydrogen-bond acceptors (Lipinski definition) is 1. The first-order valence-corrected chi connectivity index (χ1v) is 20.9. The highest BCUT2D eigenvalue weighted by molar-refractivity contribution is 6.15. The number of fused-ring (bicyclic) bond motifs is 3. The number of hydrogen-bond donors (Lipinski definition) is 0. The van der Waals surface area contributed by atoms with Crippen LogP contribution in [-0.4, -0.2) is 4.57 Å². The van der Waals surface area contributed by atoms with Crippen molar-refractivity contribution in [2.75, 3.05) is 4.90 Å². The maximum Gasteiger partial charge on any atom is 0.0645 e. The van der Waals surface area contributed by atoms with E-state index in [1.807, 2.05) is 108 Å². The third-order valence-corrected chi connectivity index (χ3v) is 11.6. The van der Waals surface area contributed by atoms with Gasteiger partial charge in [0.25, 0.3) is 0 Å². The van der Waals surface area contributed by atoms with Crippen molar-refractivity contribution in [3.8, 4) is 61.3 Å². The quantitative estimate of drug-likeness (QED) is 0.141. The van der Waals surface area contributed by atoms with Crippen LogP contribution in [0, 0.1) is 0 Å². The molecule has 0 unspecified atom stereocenters. The van der Waals surface area contributed by atoms with Crippen molar-refractivity contribution in [3.05, 3.63) is 255 Å². The summed E-state index contributed by atoms with van der Waals surface area (Å²) in [6.07, 6.45) is 0. The molecule has 11 aromatic rings. The van der Waals surface area contributed by atoms with E-state index < -0.39 is 0 Å². The summed E-state index contributed by atoms with van der Waals surface area (Å²) in [6, 6.07) is 77.5. The Balaban J connectivity index is 1.09. The van der Waals surface area contributed by atoms with E-state index in [1.165, 1.54) is 0 Å². The highest BCUT2D eigenvalue weighted by Gasteiger charge is 2.18. The van der Waals surface area contributed by atoms with Gasteiger partial charge in [0.15, 0.2) is 0 Å². The first-order chi connectivity index (χ1) is 32.4. The number of nitrogens with zero attached hydrogens (tertiary/aromatic N) is 2. The van der Waals surface area contributed by atoms with Crippen LogP contribution >= 0.6 is 0 Å². The molecule has 2 nitrogen and oxygen atoms in total. The zero-order chi connectivity index (χ0) is 44.7. The molecule has 0 amide bonds. The molecule has 0 spiro atoms. The lowest BCUT2D eigenvalue weighted by molar-refractivity contribution is 1.18. The molecule has 11 rings (SSSR count). The SMILES string of the molecule is [2H]c1c([2H])c(N(c2ccc(-c3ccccc3)cc2)c2cc(-c3ccccc3)cc(-c3ccccc3)c2)c([2H])c([2H])c1-c1cccc(-c2cccc3c2c2ccccc2n3-c2ccccc2)c1. The fourth-order valence-corrected chi connectivity index (χ4v) is 8.70. The first kappa shape index (κ1) is 32.6. The number of anilines is 3. The molecule has 0 aliphatic rings. The van der Waals surface area contributed by atoms with Gasteiger partial charge < -0.3 is 9.47 Å². The van der Waals surface area contributed by atoms with Gasteiger partial charge in [-0.05, 0) is 128 Å². The zero-order valence-electron chi connectivity index (χ0n) is 37.8. The van der Waals surface area contributed by atoms with Crippen molar-refractivity contribution < 1.29 is 5.48 Å². The number of rotatable bonds is 9. The Labute approximate surface area is 368 Å². The van der Waals surface area contributed by atoms with Crippen molar-refractivity contribution in [1.82, 2.24) is 4.57 Å². The van der Waals surface area contributed by atoms with Gasteiger partial charge in [0.1, 0.15) is 0 Å². The third kappa shape index (κ3) is 6.94. The highest BCUT2D eigenvalue weighted by atomic mass is 15.1. The van der Waals surface area contributed by atoms with E-state index >= 15 is 0 Å². The molecule has 2 heteroatoms. The minimum absolute atomic E-state index is 0.115. The molecular formula is C60H42N2. The van der Waals surface area contributed by atoms with Crippen LogP contribution in [0.3, 0.4) is 0 Å². The Morgan fingerprint density at radius 2 is 0.790 bits per heavy atom. The Morgan fingerprint density at radius 3 is 1.44 bits per heavy atom. The zero-order valence-corrected chi connectivity index (χ0v) is 33.8. The van der Waals surface area contributed by atoms with Gasteiger partial charge in [-0.3, -0.25) is 0 Å². The summed E-state index contributed by atoms with van der Waals surface area (Å²) in [6.45, 7) is 0. The van der Waals surface area contributed by atoms with Gasteiger partial charge in [-0.1, -0.05) is 182 Å². The molecule has 1 aromatic heterocycles. The van der Waals surface area contributed by atoms with Gasteiger partial charge in [0.2, 0.25) is 0 Å². The van der Waals surface area contributed by atoms with Crippen molar-refractivity contribution >= 4 is 38.9 Å². The Bertz CT molecular complexity index is 3470. The van der Waals surface area contributed by atoms with Crippen LogP contribution in [0.4, 0.5) is 17.1 Å². The number of benzene rings is 10. The molecule has 0 fully saturated rings. The number of para-hydroxylation sites is 2. The Morgan fingerprint density at radius 1 is 0.306 bits per heavy atom. The molecule has 0 bridgehead atoms. The molecule has 0 radical (unpaired) electrons. The summed E-state index contributed by atoms with van der Waals surface area (Å²) in [5, 5.41) is 2.22. The molecule has 292 valence electrons. The minimum atomic E-state index is -0.136. The van der Waals surface area contributed by atoms with Crippen LogP contribution in [0.15, 0.2) is 255 Å². The van der Waals surface area contributed by atoms with E-state index in [2.05, 4.69) is 132 Å². The van der Waals surface area contributed by atoms with Gasteiger partial charge in [0.05, 0.1) is 16.5 Å². The first-order valence-electron chi connectivity index (χ1n) is 22.9. The van der Waals surface area contributed by atoms with E-state index in [4.69, 9.17) is 0 Å². The summed E-state index contributed by atoms with van der Waals surface area (Å²) in [5.74, 6) is 0. The summed E-state index contributed by atoms with van der Waals surface area (Å²) >= 11 is 0. The lowest BCUT2D eigenvalue weighted by Crippen LogP contribution is -2.10. The molecule has 0 saturated heterocycles. The van der Waals surface area contributed by atoms with E-state index in [9.17, 15) is 5.48 Å². The second-order valence-corrected chi connectivity index (χ2v) is 15.4. The second kappa shape index (κ2) is 16.1. The summed E-state index contributed by atoms with van der Waals surface area (Å²) in [4.78, 5) is 1.89. The smallest absolute Gasteiger partial charge is 0.0645 e. The molecule has 10 aromatic carbocycles. The molecule has 0 N–H and O–H groups in total. The van der Waals surface area contributed by atoms with Gasteiger partial charge in [-0.25, -0.2) is 0 Å². The van der Waals surface area contributed by atoms with Crippen LogP contribution in [0.1, 0.15) is 5.48 Å². The third-order valence-electron chi connectivity index (χ3n) is 11.6. The topological polar surface area (TPSA) is 8.17 Å². The fourth-order valence-electron chi connectivity index (χ4n) is 8.70. The molecule has 0 aliphatic carbocycles. The molecule has 0 aliphatic heterocycles. The molecule has 62 heavy (non-hydrogen) atoms. The predicted octanol–water partition coefficient (Wildman–Crippen LogP) is 16.6. The summed E-state index contributed by atoms with van der Waals surface area (Å²) in [5.41, 5.74) is 13.7. The normalized spacial score (nSPS) is 12.1. The van der Waals surface area contributed by atoms with Crippen molar-refractivity contribution in [2.45, 2.75) is 0 Å². The maximum atomic E-state index is 9.83. The summed E-state index contributed by atoms with van der Waals surface area (Å²) in [7, 11) is 0. The van der Waals surface area contributed by atoms with Gasteiger partial charge in [0, 0.05) is 33.5 Å². The van der Waals surface area contributed by atoms with Crippen molar-refractivity contribution in [1.29, 1.82) is 0 Å². The molecule has 1 heterocycles. The lowest BCUT2D eigenvalue weighted by Gasteiger charge is -2.27. The van der Waals surface area contributed by atoms with Crippen molar-refractivity contribution in [2.24, 2.45) is 0 Å². The lowest BCUT2D eigenvalue weighted by atomic mass is 9.95. The van der Waals surface area contributed by atoms with E-state index in [0.717, 1.165) is 72.0 Å². The van der Waals surface area contributed by atoms with E-state index in [0.29, 0.717) is 16.9 Å². The average molecular weight is 795 g/mol.